The SMILES string of the molecule is CN(C)c1cc(-c2cnoc2)c(O)c2c1C[C@H]1C[C@H]3CC(=O)C(C(=O)O)=C(O)[C@@]3(O)C(=O)C1=C2O. The highest BCUT2D eigenvalue weighted by atomic mass is 16.5. The number of carboxylic acid groups (broad SMARTS) is 1. The third kappa shape index (κ3) is 2.94. The molecule has 0 saturated heterocycles. The van der Waals surface area contributed by atoms with E-state index in [1.165, 1.54) is 12.5 Å². The highest BCUT2D eigenvalue weighted by Gasteiger charge is 2.60. The summed E-state index contributed by atoms with van der Waals surface area (Å²) in [5, 5.41) is 57.3. The summed E-state index contributed by atoms with van der Waals surface area (Å²) in [4.78, 5) is 39.3. The van der Waals surface area contributed by atoms with Crippen LogP contribution in [0.2, 0.25) is 0 Å². The topological polar surface area (TPSA) is 182 Å². The molecule has 0 unspecified atom stereocenters. The lowest BCUT2D eigenvalue weighted by atomic mass is 9.59. The van der Waals surface area contributed by atoms with Gasteiger partial charge < -0.3 is 35.0 Å². The molecule has 1 saturated carbocycles. The Balaban J connectivity index is 1.75. The van der Waals surface area contributed by atoms with Crippen LogP contribution in [0.25, 0.3) is 16.9 Å². The number of phenolic OH excluding ortho intramolecular Hbond substituents is 1. The lowest BCUT2D eigenvalue weighted by Crippen LogP contribution is -2.58. The van der Waals surface area contributed by atoms with Gasteiger partial charge in [0.2, 0.25) is 5.78 Å². The van der Waals surface area contributed by atoms with Crippen molar-refractivity contribution in [2.24, 2.45) is 11.8 Å². The van der Waals surface area contributed by atoms with Gasteiger partial charge in [0.15, 0.2) is 17.1 Å². The first kappa shape index (κ1) is 22.7. The molecule has 0 bridgehead atoms. The maximum atomic E-state index is 13.6. The number of aromatic hydroxyl groups is 1. The van der Waals surface area contributed by atoms with Gasteiger partial charge in [-0.1, -0.05) is 5.16 Å². The largest absolute Gasteiger partial charge is 0.508 e. The second kappa shape index (κ2) is 7.44. The molecule has 1 fully saturated rings. The smallest absolute Gasteiger partial charge is 0.342 e. The predicted molar refractivity (Wildman–Crippen MR) is 120 cm³/mol. The summed E-state index contributed by atoms with van der Waals surface area (Å²) in [5.41, 5.74) is -2.02. The van der Waals surface area contributed by atoms with Crippen molar-refractivity contribution < 1.29 is 44.4 Å². The van der Waals surface area contributed by atoms with Crippen LogP contribution in [0.1, 0.15) is 24.0 Å². The van der Waals surface area contributed by atoms with E-state index < -0.39 is 58.5 Å². The fourth-order valence-corrected chi connectivity index (χ4v) is 5.59. The Morgan fingerprint density at radius 2 is 1.91 bits per heavy atom. The minimum absolute atomic E-state index is 0.0112. The molecule has 1 aromatic heterocycles. The first-order valence-corrected chi connectivity index (χ1v) is 10.8. The number of hydrogen-bond acceptors (Lipinski definition) is 10. The van der Waals surface area contributed by atoms with Crippen LogP contribution < -0.4 is 4.90 Å². The molecule has 3 aliphatic rings. The van der Waals surface area contributed by atoms with Crippen LogP contribution in [-0.2, 0) is 20.8 Å². The number of carbonyl (C=O) groups excluding carboxylic acids is 2. The Labute approximate surface area is 198 Å². The number of carbonyl (C=O) groups is 3. The maximum absolute atomic E-state index is 13.6. The second-order valence-corrected chi connectivity index (χ2v) is 9.30. The standard InChI is InChI=1S/C24H22N2O9/c1-26(2)14-6-12(10-7-25-35-8-10)19(28)17-13(14)4-9-3-11-5-15(27)18(23(32)33)22(31)24(11,34)21(30)16(9)20(17)29/h6-9,11,28-29,31,34H,3-5H2,1-2H3,(H,32,33)/t9-,11+,24+/m1/s1. The number of hydrogen-bond donors (Lipinski definition) is 5. The first-order chi connectivity index (χ1) is 16.5. The predicted octanol–water partition coefficient (Wildman–Crippen LogP) is 1.74. The molecule has 0 radical (unpaired) electrons. The van der Waals surface area contributed by atoms with Crippen molar-refractivity contribution in [1.29, 1.82) is 0 Å². The van der Waals surface area contributed by atoms with E-state index in [9.17, 15) is 39.9 Å². The van der Waals surface area contributed by atoms with Crippen molar-refractivity contribution in [3.05, 3.63) is 46.6 Å². The van der Waals surface area contributed by atoms with Crippen LogP contribution >= 0.6 is 0 Å². The summed E-state index contributed by atoms with van der Waals surface area (Å²) >= 11 is 0. The molecule has 11 heteroatoms. The lowest BCUT2D eigenvalue weighted by molar-refractivity contribution is -0.149. The zero-order valence-electron chi connectivity index (χ0n) is 18.8. The summed E-state index contributed by atoms with van der Waals surface area (Å²) in [6.45, 7) is 0. The number of aliphatic hydroxyl groups is 3. The molecule has 1 heterocycles. The van der Waals surface area contributed by atoms with Crippen LogP contribution in [0.4, 0.5) is 5.69 Å². The average molecular weight is 482 g/mol. The quantitative estimate of drug-likeness (QED) is 0.402. The zero-order valence-corrected chi connectivity index (χ0v) is 18.8. The van der Waals surface area contributed by atoms with Gasteiger partial charge in [-0.15, -0.1) is 0 Å². The number of aliphatic carboxylic acids is 1. The summed E-state index contributed by atoms with van der Waals surface area (Å²) in [7, 11) is 3.56. The molecular weight excluding hydrogens is 460 g/mol. The Morgan fingerprint density at radius 3 is 2.51 bits per heavy atom. The molecule has 5 N–H and O–H groups in total. The van der Waals surface area contributed by atoms with E-state index in [0.29, 0.717) is 22.4 Å². The summed E-state index contributed by atoms with van der Waals surface area (Å²) in [5.74, 6) is -7.56. The van der Waals surface area contributed by atoms with Crippen LogP contribution in [0.5, 0.6) is 5.75 Å². The van der Waals surface area contributed by atoms with Crippen molar-refractivity contribution in [3.8, 4) is 16.9 Å². The Bertz CT molecular complexity index is 1370. The Kier molecular flexibility index (Phi) is 4.82. The highest BCUT2D eigenvalue weighted by Crippen LogP contribution is 2.54. The van der Waals surface area contributed by atoms with Crippen molar-refractivity contribution in [2.75, 3.05) is 19.0 Å². The van der Waals surface area contributed by atoms with E-state index in [1.807, 2.05) is 0 Å². The first-order valence-electron chi connectivity index (χ1n) is 10.8. The molecule has 1 aromatic carbocycles. The summed E-state index contributed by atoms with van der Waals surface area (Å²) in [6.07, 6.45) is 2.48. The van der Waals surface area contributed by atoms with Gasteiger partial charge in [-0.25, -0.2) is 4.79 Å². The number of aromatic nitrogens is 1. The Morgan fingerprint density at radius 1 is 1.20 bits per heavy atom. The van der Waals surface area contributed by atoms with Gasteiger partial charge in [-0.3, -0.25) is 9.59 Å². The normalized spacial score (nSPS) is 25.8. The minimum atomic E-state index is -2.68. The number of phenols is 1. The van der Waals surface area contributed by atoms with E-state index in [2.05, 4.69) is 5.16 Å². The molecule has 182 valence electrons. The third-order valence-electron chi connectivity index (χ3n) is 7.23. The molecule has 2 aromatic rings. The number of benzene rings is 1. The van der Waals surface area contributed by atoms with Crippen molar-refractivity contribution in [3.63, 3.8) is 0 Å². The van der Waals surface area contributed by atoms with E-state index in [4.69, 9.17) is 4.52 Å². The van der Waals surface area contributed by atoms with E-state index >= 15 is 0 Å². The lowest BCUT2D eigenvalue weighted by Gasteiger charge is -2.46. The van der Waals surface area contributed by atoms with Crippen LogP contribution in [-0.4, -0.2) is 67.9 Å². The summed E-state index contributed by atoms with van der Waals surface area (Å²) < 4.78 is 4.88. The fourth-order valence-electron chi connectivity index (χ4n) is 5.59. The van der Waals surface area contributed by atoms with Gasteiger partial charge in [0.1, 0.15) is 23.3 Å². The van der Waals surface area contributed by atoms with Crippen LogP contribution in [0.3, 0.4) is 0 Å². The number of Topliss-reactive ketones (excluding diaryl/α,β-unsaturated/α-hetero) is 2. The molecule has 5 rings (SSSR count). The number of ketones is 2. The van der Waals surface area contributed by atoms with Gasteiger partial charge in [-0.2, -0.15) is 0 Å². The van der Waals surface area contributed by atoms with Crippen LogP contribution in [0.15, 0.2) is 40.0 Å². The third-order valence-corrected chi connectivity index (χ3v) is 7.23. The highest BCUT2D eigenvalue weighted by molar-refractivity contribution is 6.21. The maximum Gasteiger partial charge on any atom is 0.342 e. The number of nitrogens with zero attached hydrogens (tertiary/aromatic N) is 2. The molecular formula is C24H22N2O9. The molecule has 35 heavy (non-hydrogen) atoms. The average Bonchev–Trinajstić information content (AvgIpc) is 3.30. The zero-order chi connectivity index (χ0) is 25.4. The monoisotopic (exact) mass is 482 g/mol. The molecule has 11 nitrogen and oxygen atoms in total. The molecule has 0 amide bonds. The van der Waals surface area contributed by atoms with E-state index in [-0.39, 0.29) is 29.7 Å². The van der Waals surface area contributed by atoms with E-state index in [0.717, 1.165) is 0 Å². The van der Waals surface area contributed by atoms with Crippen molar-refractivity contribution >= 4 is 29.0 Å². The van der Waals surface area contributed by atoms with Gasteiger partial charge in [-0.05, 0) is 30.4 Å². The van der Waals surface area contributed by atoms with Gasteiger partial charge >= 0.3 is 5.97 Å². The van der Waals surface area contributed by atoms with Crippen molar-refractivity contribution in [2.45, 2.75) is 24.9 Å². The second-order valence-electron chi connectivity index (χ2n) is 9.30. The van der Waals surface area contributed by atoms with Crippen molar-refractivity contribution in [1.82, 2.24) is 5.16 Å². The van der Waals surface area contributed by atoms with Gasteiger partial charge in [0.05, 0.1) is 11.8 Å². The van der Waals surface area contributed by atoms with Gasteiger partial charge in [0.25, 0.3) is 0 Å². The number of aliphatic hydroxyl groups excluding tert-OH is 2. The minimum Gasteiger partial charge on any atom is -0.508 e. The molecule has 0 spiro atoms. The number of carboxylic acids is 1. The van der Waals surface area contributed by atoms with E-state index in [1.54, 1.807) is 25.1 Å². The molecule has 3 aliphatic carbocycles. The number of rotatable bonds is 3. The Hall–Kier alpha value is -4.12. The fraction of sp³-hybridized carbons (Fsp3) is 0.333. The number of anilines is 1. The number of fused-ring (bicyclic) bond motifs is 3. The van der Waals surface area contributed by atoms with Crippen LogP contribution in [0, 0.1) is 11.8 Å². The molecule has 0 aliphatic heterocycles. The molecule has 3 atom stereocenters. The van der Waals surface area contributed by atoms with Gasteiger partial charge in [0, 0.05) is 48.8 Å². The summed E-state index contributed by atoms with van der Waals surface area (Å²) in [6, 6.07) is 1.71.